The van der Waals surface area contributed by atoms with Gasteiger partial charge in [-0.15, -0.1) is 0 Å². The van der Waals surface area contributed by atoms with E-state index in [1.807, 2.05) is 11.0 Å². The Hall–Kier alpha value is -0.770. The monoisotopic (exact) mass is 354 g/mol. The van der Waals surface area contributed by atoms with Crippen molar-refractivity contribution < 1.29 is 4.79 Å². The number of benzene rings is 1. The molecule has 0 spiro atoms. The Morgan fingerprint density at radius 1 is 1.30 bits per heavy atom. The number of piperidine rings is 1. The van der Waals surface area contributed by atoms with Gasteiger partial charge in [0, 0.05) is 23.0 Å². The van der Waals surface area contributed by atoms with Crippen LogP contribution in [0.4, 0.5) is 0 Å². The first kappa shape index (κ1) is 17.1. The average molecular weight is 355 g/mol. The minimum absolute atomic E-state index is 0.0514. The van der Waals surface area contributed by atoms with Crippen molar-refractivity contribution in [1.29, 1.82) is 0 Å². The molecule has 23 heavy (non-hydrogen) atoms. The van der Waals surface area contributed by atoms with Crippen LogP contribution in [0.15, 0.2) is 12.1 Å². The number of hydrogen-bond acceptors (Lipinski definition) is 2. The molecule has 0 saturated carbocycles. The smallest absolute Gasteiger partial charge is 0.223 e. The number of hydrogen-bond donors (Lipinski definition) is 1. The highest BCUT2D eigenvalue weighted by molar-refractivity contribution is 6.35. The highest BCUT2D eigenvalue weighted by Crippen LogP contribution is 2.36. The zero-order chi connectivity index (χ0) is 16.4. The van der Waals surface area contributed by atoms with Gasteiger partial charge in [-0.2, -0.15) is 0 Å². The molecule has 0 aromatic heterocycles. The van der Waals surface area contributed by atoms with Crippen LogP contribution >= 0.6 is 23.2 Å². The third-order valence-electron chi connectivity index (χ3n) is 5.26. The second-order valence-corrected chi connectivity index (χ2v) is 7.54. The van der Waals surface area contributed by atoms with E-state index < -0.39 is 0 Å². The van der Waals surface area contributed by atoms with Crippen LogP contribution in [0.3, 0.4) is 0 Å². The molecular weight excluding hydrogens is 331 g/mol. The fourth-order valence-corrected chi connectivity index (χ4v) is 4.44. The number of carbonyl (C=O) groups is 1. The molecule has 1 saturated heterocycles. The number of amides is 1. The minimum atomic E-state index is 0.0514. The summed E-state index contributed by atoms with van der Waals surface area (Å²) in [4.78, 5) is 14.7. The first-order chi connectivity index (χ1) is 11.1. The van der Waals surface area contributed by atoms with Gasteiger partial charge >= 0.3 is 0 Å². The fraction of sp³-hybridized carbons (Fsp3) is 0.611. The largest absolute Gasteiger partial charge is 0.336 e. The van der Waals surface area contributed by atoms with Gasteiger partial charge < -0.3 is 10.2 Å². The summed E-state index contributed by atoms with van der Waals surface area (Å²) in [6, 6.07) is 3.80. The second-order valence-electron chi connectivity index (χ2n) is 6.70. The maximum atomic E-state index is 12.7. The first-order valence-electron chi connectivity index (χ1n) is 8.54. The standard InChI is InChI=1S/C18H24Cl2N2O/c1-12-16-10-14(19)11-17(20)15(16)6-9-22(12)18(23)3-2-13-4-7-21-8-5-13/h10-13,21H,2-9H2,1H3. The van der Waals surface area contributed by atoms with Crippen LogP contribution in [0.2, 0.25) is 10.0 Å². The first-order valence-corrected chi connectivity index (χ1v) is 9.30. The number of rotatable bonds is 3. The lowest BCUT2D eigenvalue weighted by Crippen LogP contribution is -2.39. The highest BCUT2D eigenvalue weighted by atomic mass is 35.5. The Labute approximate surface area is 148 Å². The van der Waals surface area contributed by atoms with E-state index in [1.165, 1.54) is 12.8 Å². The van der Waals surface area contributed by atoms with E-state index in [-0.39, 0.29) is 11.9 Å². The summed E-state index contributed by atoms with van der Waals surface area (Å²) in [6.45, 7) is 5.00. The fourth-order valence-electron chi connectivity index (χ4n) is 3.84. The van der Waals surface area contributed by atoms with Gasteiger partial charge in [0.25, 0.3) is 0 Å². The van der Waals surface area contributed by atoms with Gasteiger partial charge in [0.05, 0.1) is 6.04 Å². The van der Waals surface area contributed by atoms with Gasteiger partial charge in [-0.3, -0.25) is 4.79 Å². The van der Waals surface area contributed by atoms with Crippen molar-refractivity contribution >= 4 is 29.1 Å². The lowest BCUT2D eigenvalue weighted by molar-refractivity contribution is -0.134. The predicted molar refractivity (Wildman–Crippen MR) is 95.1 cm³/mol. The van der Waals surface area contributed by atoms with Crippen molar-refractivity contribution in [3.05, 3.63) is 33.3 Å². The van der Waals surface area contributed by atoms with Gasteiger partial charge in [-0.1, -0.05) is 23.2 Å². The molecule has 0 bridgehead atoms. The van der Waals surface area contributed by atoms with Crippen molar-refractivity contribution in [3.63, 3.8) is 0 Å². The molecule has 1 unspecified atom stereocenters. The summed E-state index contributed by atoms with van der Waals surface area (Å²) < 4.78 is 0. The molecule has 3 rings (SSSR count). The molecule has 3 nitrogen and oxygen atoms in total. The van der Waals surface area contributed by atoms with Crippen molar-refractivity contribution in [2.24, 2.45) is 5.92 Å². The lowest BCUT2D eigenvalue weighted by atomic mass is 9.91. The van der Waals surface area contributed by atoms with Crippen LogP contribution in [0.1, 0.15) is 49.8 Å². The Bertz CT molecular complexity index is 585. The summed E-state index contributed by atoms with van der Waals surface area (Å²) in [7, 11) is 0. The molecule has 2 aliphatic heterocycles. The van der Waals surface area contributed by atoms with E-state index in [4.69, 9.17) is 23.2 Å². The van der Waals surface area contributed by atoms with Gasteiger partial charge in [0.15, 0.2) is 0 Å². The van der Waals surface area contributed by atoms with Gasteiger partial charge in [-0.25, -0.2) is 0 Å². The quantitative estimate of drug-likeness (QED) is 0.881. The second kappa shape index (κ2) is 7.42. The Balaban J connectivity index is 1.65. The third kappa shape index (κ3) is 3.84. The van der Waals surface area contributed by atoms with Crippen molar-refractivity contribution in [2.75, 3.05) is 19.6 Å². The van der Waals surface area contributed by atoms with Crippen molar-refractivity contribution in [3.8, 4) is 0 Å². The summed E-state index contributed by atoms with van der Waals surface area (Å²) in [5.41, 5.74) is 2.25. The van der Waals surface area contributed by atoms with Gasteiger partial charge in [0.2, 0.25) is 5.91 Å². The van der Waals surface area contributed by atoms with Gasteiger partial charge in [-0.05, 0) is 74.9 Å². The van der Waals surface area contributed by atoms with Crippen LogP contribution in [0, 0.1) is 5.92 Å². The summed E-state index contributed by atoms with van der Waals surface area (Å²) in [6.07, 6.45) is 4.86. The Kier molecular flexibility index (Phi) is 5.50. The highest BCUT2D eigenvalue weighted by Gasteiger charge is 2.29. The summed E-state index contributed by atoms with van der Waals surface area (Å²) in [5, 5.41) is 4.74. The number of fused-ring (bicyclic) bond motifs is 1. The van der Waals surface area contributed by atoms with Crippen LogP contribution in [0.25, 0.3) is 0 Å². The molecular formula is C18H24Cl2N2O. The third-order valence-corrected chi connectivity index (χ3v) is 5.82. The molecule has 1 N–H and O–H groups in total. The molecule has 1 fully saturated rings. The molecule has 1 atom stereocenters. The molecule has 1 aromatic rings. The normalized spacial score (nSPS) is 22.0. The molecule has 1 amide bonds. The summed E-state index contributed by atoms with van der Waals surface area (Å²) >= 11 is 12.5. The van der Waals surface area contributed by atoms with Crippen molar-refractivity contribution in [1.82, 2.24) is 10.2 Å². The van der Waals surface area contributed by atoms with E-state index in [2.05, 4.69) is 12.2 Å². The molecule has 1 aromatic carbocycles. The minimum Gasteiger partial charge on any atom is -0.336 e. The molecule has 2 heterocycles. The van der Waals surface area contributed by atoms with Crippen LogP contribution in [-0.4, -0.2) is 30.4 Å². The lowest BCUT2D eigenvalue weighted by Gasteiger charge is -2.36. The van der Waals surface area contributed by atoms with Crippen LogP contribution in [-0.2, 0) is 11.2 Å². The summed E-state index contributed by atoms with van der Waals surface area (Å²) in [5.74, 6) is 0.953. The Morgan fingerprint density at radius 2 is 2.04 bits per heavy atom. The Morgan fingerprint density at radius 3 is 2.78 bits per heavy atom. The van der Waals surface area contributed by atoms with Crippen LogP contribution < -0.4 is 5.32 Å². The van der Waals surface area contributed by atoms with Crippen molar-refractivity contribution in [2.45, 2.75) is 45.1 Å². The maximum Gasteiger partial charge on any atom is 0.223 e. The molecule has 2 aliphatic rings. The number of halogens is 2. The molecule has 0 aliphatic carbocycles. The molecule has 0 radical (unpaired) electrons. The molecule has 126 valence electrons. The number of nitrogens with zero attached hydrogens (tertiary/aromatic N) is 1. The number of carbonyl (C=O) groups excluding carboxylic acids is 1. The van der Waals surface area contributed by atoms with Gasteiger partial charge in [0.1, 0.15) is 0 Å². The van der Waals surface area contributed by atoms with Crippen LogP contribution in [0.5, 0.6) is 0 Å². The molecule has 5 heteroatoms. The number of nitrogens with one attached hydrogen (secondary N) is 1. The van der Waals surface area contributed by atoms with E-state index in [1.54, 1.807) is 6.07 Å². The predicted octanol–water partition coefficient (Wildman–Crippen LogP) is 4.22. The van der Waals surface area contributed by atoms with E-state index in [0.717, 1.165) is 48.6 Å². The maximum absolute atomic E-state index is 12.7. The SMILES string of the molecule is CC1c2cc(Cl)cc(Cl)c2CCN1C(=O)CCC1CCNCC1. The van der Waals surface area contributed by atoms with E-state index in [9.17, 15) is 4.79 Å². The van der Waals surface area contributed by atoms with E-state index in [0.29, 0.717) is 17.4 Å². The van der Waals surface area contributed by atoms with E-state index >= 15 is 0 Å². The topological polar surface area (TPSA) is 32.3 Å². The average Bonchev–Trinajstić information content (AvgIpc) is 2.54. The zero-order valence-electron chi connectivity index (χ0n) is 13.6. The zero-order valence-corrected chi connectivity index (χ0v) is 15.1.